The number of aryl methyl sites for hydroxylation is 1. The third-order valence-corrected chi connectivity index (χ3v) is 7.75. The van der Waals surface area contributed by atoms with Gasteiger partial charge in [-0.1, -0.05) is 13.0 Å². The van der Waals surface area contributed by atoms with Crippen molar-refractivity contribution >= 4 is 38.5 Å². The second kappa shape index (κ2) is 9.96. The van der Waals surface area contributed by atoms with Crippen molar-refractivity contribution in [1.82, 2.24) is 0 Å². The zero-order valence-corrected chi connectivity index (χ0v) is 23.1. The predicted octanol–water partition coefficient (Wildman–Crippen LogP) is 3.89. The Hall–Kier alpha value is -3.86. The topological polar surface area (TPSA) is 145 Å². The Kier molecular flexibility index (Phi) is 6.89. The summed E-state index contributed by atoms with van der Waals surface area (Å²) in [6.07, 6.45) is -4.04. The van der Waals surface area contributed by atoms with E-state index < -0.39 is 41.6 Å². The molecule has 1 aromatic heterocycles. The minimum atomic E-state index is -1.90. The maximum absolute atomic E-state index is 13.4. The third kappa shape index (κ3) is 4.14. The zero-order valence-electron chi connectivity index (χ0n) is 23.1. The van der Waals surface area contributed by atoms with Crippen molar-refractivity contribution < 1.29 is 43.5 Å². The van der Waals surface area contributed by atoms with Crippen molar-refractivity contribution in [2.45, 2.75) is 64.1 Å². The number of aromatic hydroxyl groups is 1. The van der Waals surface area contributed by atoms with Gasteiger partial charge in [-0.25, -0.2) is 4.79 Å². The van der Waals surface area contributed by atoms with Gasteiger partial charge in [-0.2, -0.15) is 0 Å². The molecule has 2 heterocycles. The number of hydrogen-bond donors (Lipinski definition) is 3. The van der Waals surface area contributed by atoms with Crippen LogP contribution < -0.4 is 15.1 Å². The lowest BCUT2D eigenvalue weighted by Gasteiger charge is -2.47. The molecule has 0 spiro atoms. The van der Waals surface area contributed by atoms with Crippen molar-refractivity contribution in [2.75, 3.05) is 14.2 Å². The number of fused-ring (bicyclic) bond motifs is 5. The number of phenols is 1. The number of carbonyl (C=O) groups is 1. The minimum absolute atomic E-state index is 0.118. The van der Waals surface area contributed by atoms with Crippen molar-refractivity contribution in [1.29, 1.82) is 0 Å². The lowest BCUT2D eigenvalue weighted by Crippen LogP contribution is -2.62. The minimum Gasteiger partial charge on any atom is -0.507 e. The number of aliphatic hydroxyl groups excluding tert-OH is 1. The van der Waals surface area contributed by atoms with Crippen LogP contribution in [0, 0.1) is 0 Å². The molecule has 1 fully saturated rings. The summed E-state index contributed by atoms with van der Waals surface area (Å²) in [5.41, 5.74) is -1.19. The van der Waals surface area contributed by atoms with Gasteiger partial charge in [-0.3, -0.25) is 4.79 Å². The molecule has 0 aliphatic carbocycles. The Balaban J connectivity index is 1.88. The first-order chi connectivity index (χ1) is 18.9. The standard InChI is InChI=1S/C30H32O10/c1-7-15-10-18-22(20(11-15)36-5)17-12-21(37-6)24-19(32)9-8-16(23(24)25(17)40-29(18)34)26-27(33)30(4,35)28(13(2)38-26)39-14(3)31/h8-13,26-28,32-33,35H,7H2,1-6H3/t13-,26+,27+,28+,30+/m1/s1. The summed E-state index contributed by atoms with van der Waals surface area (Å²) in [5.74, 6) is -0.0472. The van der Waals surface area contributed by atoms with E-state index in [1.54, 1.807) is 19.1 Å². The van der Waals surface area contributed by atoms with Crippen LogP contribution in [0.25, 0.3) is 32.5 Å². The van der Waals surface area contributed by atoms with Gasteiger partial charge in [0.2, 0.25) is 0 Å². The van der Waals surface area contributed by atoms with Crippen molar-refractivity contribution in [3.63, 3.8) is 0 Å². The van der Waals surface area contributed by atoms with E-state index in [2.05, 4.69) is 0 Å². The van der Waals surface area contributed by atoms with Gasteiger partial charge in [-0.15, -0.1) is 0 Å². The summed E-state index contributed by atoms with van der Waals surface area (Å²) in [5, 5.41) is 35.4. The fourth-order valence-electron chi connectivity index (χ4n) is 5.78. The lowest BCUT2D eigenvalue weighted by molar-refractivity contribution is -0.267. The molecule has 10 nitrogen and oxygen atoms in total. The van der Waals surface area contributed by atoms with Gasteiger partial charge in [0, 0.05) is 23.1 Å². The normalized spacial score (nSPS) is 24.9. The summed E-state index contributed by atoms with van der Waals surface area (Å²) >= 11 is 0. The average molecular weight is 553 g/mol. The van der Waals surface area contributed by atoms with Crippen LogP contribution in [0.15, 0.2) is 39.5 Å². The fourth-order valence-corrected chi connectivity index (χ4v) is 5.78. The van der Waals surface area contributed by atoms with Crippen LogP contribution >= 0.6 is 0 Å². The quantitative estimate of drug-likeness (QED) is 0.189. The molecule has 1 aliphatic rings. The number of esters is 1. The van der Waals surface area contributed by atoms with Gasteiger partial charge < -0.3 is 38.7 Å². The average Bonchev–Trinajstić information content (AvgIpc) is 2.92. The van der Waals surface area contributed by atoms with Crippen LogP contribution in [0.4, 0.5) is 0 Å². The zero-order chi connectivity index (χ0) is 29.1. The molecule has 0 amide bonds. The van der Waals surface area contributed by atoms with Crippen LogP contribution in [-0.2, 0) is 20.7 Å². The van der Waals surface area contributed by atoms with Crippen LogP contribution in [-0.4, -0.2) is 59.4 Å². The molecule has 1 aliphatic heterocycles. The highest BCUT2D eigenvalue weighted by Crippen LogP contribution is 2.48. The van der Waals surface area contributed by atoms with Gasteiger partial charge in [-0.05, 0) is 55.7 Å². The largest absolute Gasteiger partial charge is 0.507 e. The molecule has 5 atom stereocenters. The summed E-state index contributed by atoms with van der Waals surface area (Å²) in [4.78, 5) is 25.1. The number of aliphatic hydroxyl groups is 2. The van der Waals surface area contributed by atoms with E-state index in [4.69, 9.17) is 23.4 Å². The first-order valence-corrected chi connectivity index (χ1v) is 13.0. The van der Waals surface area contributed by atoms with Crippen LogP contribution in [0.3, 0.4) is 0 Å². The predicted molar refractivity (Wildman–Crippen MR) is 147 cm³/mol. The molecule has 4 aromatic rings. The number of methoxy groups -OCH3 is 2. The summed E-state index contributed by atoms with van der Waals surface area (Å²) in [7, 11) is 2.96. The van der Waals surface area contributed by atoms with Crippen LogP contribution in [0.2, 0.25) is 0 Å². The molecule has 0 bridgehead atoms. The molecule has 10 heteroatoms. The Morgan fingerprint density at radius 1 is 1.05 bits per heavy atom. The van der Waals surface area contributed by atoms with Crippen molar-refractivity contribution in [3.8, 4) is 17.2 Å². The van der Waals surface area contributed by atoms with Gasteiger partial charge in [0.05, 0.1) is 31.1 Å². The Bertz CT molecular complexity index is 1700. The van der Waals surface area contributed by atoms with Crippen LogP contribution in [0.5, 0.6) is 17.2 Å². The molecule has 0 unspecified atom stereocenters. The van der Waals surface area contributed by atoms with Gasteiger partial charge in [0.1, 0.15) is 40.6 Å². The van der Waals surface area contributed by atoms with E-state index in [1.165, 1.54) is 40.2 Å². The molecule has 212 valence electrons. The first-order valence-electron chi connectivity index (χ1n) is 13.0. The molecular weight excluding hydrogens is 520 g/mol. The third-order valence-electron chi connectivity index (χ3n) is 7.75. The number of phenolic OH excluding ortho intramolecular Hbond substituents is 1. The number of ether oxygens (including phenoxy) is 4. The molecule has 3 aromatic carbocycles. The molecule has 0 radical (unpaired) electrons. The summed E-state index contributed by atoms with van der Waals surface area (Å²) < 4.78 is 28.7. The summed E-state index contributed by atoms with van der Waals surface area (Å²) in [6.45, 7) is 6.15. The monoisotopic (exact) mass is 552 g/mol. The second-order valence-corrected chi connectivity index (χ2v) is 10.3. The highest BCUT2D eigenvalue weighted by Gasteiger charge is 2.54. The maximum Gasteiger partial charge on any atom is 0.344 e. The first kappa shape index (κ1) is 27.7. The Morgan fingerprint density at radius 2 is 1.73 bits per heavy atom. The molecule has 1 saturated heterocycles. The number of carbonyl (C=O) groups excluding carboxylic acids is 1. The second-order valence-electron chi connectivity index (χ2n) is 10.3. The van der Waals surface area contributed by atoms with Crippen LogP contribution in [0.1, 0.15) is 44.9 Å². The highest BCUT2D eigenvalue weighted by atomic mass is 16.6. The Labute approximate surface area is 229 Å². The van der Waals surface area contributed by atoms with E-state index >= 15 is 0 Å². The fraction of sp³-hybridized carbons (Fsp3) is 0.400. The smallest absolute Gasteiger partial charge is 0.344 e. The van der Waals surface area contributed by atoms with Gasteiger partial charge in [0.15, 0.2) is 6.10 Å². The molecule has 0 saturated carbocycles. The van der Waals surface area contributed by atoms with E-state index in [1.807, 2.05) is 13.0 Å². The Morgan fingerprint density at radius 3 is 2.35 bits per heavy atom. The van der Waals surface area contributed by atoms with E-state index in [9.17, 15) is 24.9 Å². The SMILES string of the molecule is CCc1cc(OC)c2c(c1)c(=O)oc1c2cc(OC)c2c(O)ccc([C@@H]3O[C@H](C)[C@H](OC(C)=O)[C@@](C)(O)[C@H]3O)c21. The lowest BCUT2D eigenvalue weighted by atomic mass is 9.80. The van der Waals surface area contributed by atoms with Crippen molar-refractivity contribution in [2.24, 2.45) is 0 Å². The molecule has 3 N–H and O–H groups in total. The van der Waals surface area contributed by atoms with E-state index in [0.717, 1.165) is 5.56 Å². The van der Waals surface area contributed by atoms with Gasteiger partial charge >= 0.3 is 11.6 Å². The molecular formula is C30H32O10. The van der Waals surface area contributed by atoms with Crippen molar-refractivity contribution in [3.05, 3.63) is 51.9 Å². The number of benzene rings is 3. The van der Waals surface area contributed by atoms with E-state index in [0.29, 0.717) is 33.9 Å². The molecule has 5 rings (SSSR count). The number of rotatable bonds is 5. The maximum atomic E-state index is 13.4. The van der Waals surface area contributed by atoms with Gasteiger partial charge in [0.25, 0.3) is 0 Å². The summed E-state index contributed by atoms with van der Waals surface area (Å²) in [6, 6.07) is 8.21. The number of hydrogen-bond acceptors (Lipinski definition) is 10. The molecule has 40 heavy (non-hydrogen) atoms. The van der Waals surface area contributed by atoms with E-state index in [-0.39, 0.29) is 27.9 Å². The highest BCUT2D eigenvalue weighted by molar-refractivity contribution is 6.19.